The Hall–Kier alpha value is -9.69. The molecule has 107 heavy (non-hydrogen) atoms. The highest BCUT2D eigenvalue weighted by molar-refractivity contribution is 7.98. The van der Waals surface area contributed by atoms with Crippen LogP contribution in [0.5, 0.6) is 0 Å². The van der Waals surface area contributed by atoms with Crippen molar-refractivity contribution in [3.05, 3.63) is 54.1 Å². The molecule has 4 aliphatic heterocycles. The topological polar surface area (TPSA) is 576 Å². The lowest BCUT2D eigenvalue weighted by Crippen LogP contribution is -2.61. The number of H-pyrrole nitrogens is 1. The number of rotatable bonds is 45. The summed E-state index contributed by atoms with van der Waals surface area (Å²) < 4.78 is 0. The van der Waals surface area contributed by atoms with Gasteiger partial charge in [0.15, 0.2) is 11.9 Å². The number of carboxylic acid groups (broad SMARTS) is 1. The fraction of sp³-hybridized carbons (Fsp3) is 0.652. The SMILES string of the molecule is CSCC[C@H](NC(=O)[C@@H]1CCCN1C(=O)CNC(=O)[C@H](CCCCN)NC(=O)[C@H](Cc1cnc[nH]1)NC(=O)[C@H](CO)NC(=O)[C@H](CC(C)C)NC(=O)[C@H](CCCN=C(N)N)NC(=O)[C@@H]1CCCN1C[C@H](CCCN=C(N)N)NC(=O)[C@@H]1CCC(=O)N1)C(=O)N1CCC[C@H]1C(=O)N[C@@H](Cc1ccccc1)C(=O)O. The number of amides is 12. The lowest BCUT2D eigenvalue weighted by Gasteiger charge is -2.31. The van der Waals surface area contributed by atoms with Gasteiger partial charge in [-0.3, -0.25) is 72.4 Å². The molecule has 0 unspecified atom stereocenters. The van der Waals surface area contributed by atoms with Crippen LogP contribution in [0.2, 0.25) is 0 Å². The molecule has 0 bridgehead atoms. The molecule has 6 rings (SSSR count). The lowest BCUT2D eigenvalue weighted by atomic mass is 10.0. The molecule has 0 spiro atoms. The zero-order valence-corrected chi connectivity index (χ0v) is 62.0. The number of nitrogens with one attached hydrogen (secondary N) is 11. The van der Waals surface area contributed by atoms with Gasteiger partial charge in [0.05, 0.1) is 25.5 Å². The minimum absolute atomic E-state index is 0.00226. The van der Waals surface area contributed by atoms with Crippen molar-refractivity contribution in [2.75, 3.05) is 71.0 Å². The maximum atomic E-state index is 14.5. The monoisotopic (exact) mass is 1520 g/mol. The number of aliphatic hydroxyl groups is 1. The van der Waals surface area contributed by atoms with E-state index in [1.54, 1.807) is 44.2 Å². The number of nitrogens with two attached hydrogens (primary N) is 5. The Morgan fingerprint density at radius 1 is 0.617 bits per heavy atom. The minimum Gasteiger partial charge on any atom is -0.480 e. The Morgan fingerprint density at radius 2 is 1.18 bits per heavy atom. The van der Waals surface area contributed by atoms with E-state index >= 15 is 0 Å². The molecular weight excluding hydrogens is 1410 g/mol. The van der Waals surface area contributed by atoms with E-state index in [9.17, 15) is 72.5 Å². The molecule has 4 aliphatic rings. The van der Waals surface area contributed by atoms with Gasteiger partial charge in [-0.25, -0.2) is 9.78 Å². The van der Waals surface area contributed by atoms with Crippen LogP contribution >= 0.6 is 11.8 Å². The van der Waals surface area contributed by atoms with Crippen molar-refractivity contribution in [2.24, 2.45) is 44.6 Å². The summed E-state index contributed by atoms with van der Waals surface area (Å²) in [6.45, 7) is 3.51. The quantitative estimate of drug-likeness (QED) is 0.0168. The van der Waals surface area contributed by atoms with Gasteiger partial charge in [0.2, 0.25) is 70.9 Å². The highest BCUT2D eigenvalue weighted by atomic mass is 32.2. The van der Waals surface area contributed by atoms with Crippen molar-refractivity contribution in [3.8, 4) is 0 Å². The normalized spacial score (nSPS) is 19.3. The molecule has 4 fully saturated rings. The number of carbonyl (C=O) groups excluding carboxylic acids is 12. The Labute approximate surface area is 626 Å². The van der Waals surface area contributed by atoms with Crippen molar-refractivity contribution < 1.29 is 72.5 Å². The molecule has 12 atom stereocenters. The molecule has 0 saturated carbocycles. The number of carbonyl (C=O) groups is 13. The number of aliphatic imine (C=N–C) groups is 2. The number of aliphatic hydroxyl groups excluding tert-OH is 1. The second-order valence-electron chi connectivity index (χ2n) is 27.7. The Kier molecular flexibility index (Phi) is 35.8. The molecule has 12 amide bonds. The second-order valence-corrected chi connectivity index (χ2v) is 28.7. The van der Waals surface area contributed by atoms with Crippen molar-refractivity contribution in [1.29, 1.82) is 0 Å². The standard InChI is InChI=1S/C69H110N22O15S/c1-40(2)32-48(85-59(97)45(18-10-27-77-69(73)74)83-63(101)52-19-11-28-89(52)37-42(16-9-26-76-68(71)72)80-58(96)46-22-23-55(93)81-46)60(98)88-51(38-92)62(100)86-49(34-43-35-75-39-79-43)61(99)82-44(17-7-8-25-70)57(95)78-36-56(94)90-29-12-20-53(90)64(102)84-47(24-31-107-3)66(104)91-30-13-21-54(91)65(103)87-50(67(105)106)33-41-14-5-4-6-15-41/h4-6,14-15,35,39-40,42,44-54,92H,7-13,16-34,36-38,70H2,1-3H3,(H,75,79)(H,78,95)(H,80,96)(H,81,93)(H,82,99)(H,83,101)(H,84,102)(H,85,97)(H,86,100)(H,87,103)(H,88,98)(H,105,106)(H4,71,72,76)(H4,73,74,77)/t42-,44-,45-,46-,47-,48-,49-,50-,51-,52-,53-,54-/m0/s1. The Morgan fingerprint density at radius 3 is 1.79 bits per heavy atom. The summed E-state index contributed by atoms with van der Waals surface area (Å²) >= 11 is 1.43. The van der Waals surface area contributed by atoms with Crippen molar-refractivity contribution in [1.82, 2.24) is 77.8 Å². The maximum absolute atomic E-state index is 14.5. The Bertz CT molecular complexity index is 3380. The van der Waals surface area contributed by atoms with E-state index in [1.165, 1.54) is 34.1 Å². The van der Waals surface area contributed by atoms with Crippen LogP contribution in [0.15, 0.2) is 52.8 Å². The van der Waals surface area contributed by atoms with Gasteiger partial charge in [-0.1, -0.05) is 44.2 Å². The molecule has 1 aromatic heterocycles. The molecule has 2 aromatic rings. The predicted molar refractivity (Wildman–Crippen MR) is 396 cm³/mol. The number of thioether (sulfide) groups is 1. The summed E-state index contributed by atoms with van der Waals surface area (Å²) in [5, 5.41) is 47.8. The smallest absolute Gasteiger partial charge is 0.326 e. The van der Waals surface area contributed by atoms with Gasteiger partial charge >= 0.3 is 5.97 Å². The van der Waals surface area contributed by atoms with Crippen LogP contribution in [-0.4, -0.2) is 267 Å². The van der Waals surface area contributed by atoms with E-state index in [-0.39, 0.29) is 133 Å². The summed E-state index contributed by atoms with van der Waals surface area (Å²) in [5.74, 6) is -9.37. The zero-order chi connectivity index (χ0) is 78.1. The van der Waals surface area contributed by atoms with Crippen LogP contribution in [0.1, 0.15) is 134 Å². The summed E-state index contributed by atoms with van der Waals surface area (Å²) in [4.78, 5) is 200. The molecular formula is C69H110N22O15S. The molecule has 37 nitrogen and oxygen atoms in total. The number of aromatic amines is 1. The largest absolute Gasteiger partial charge is 0.480 e. The van der Waals surface area contributed by atoms with Crippen LogP contribution in [0, 0.1) is 5.92 Å². The van der Waals surface area contributed by atoms with Gasteiger partial charge in [0, 0.05) is 69.9 Å². The molecule has 23 N–H and O–H groups in total. The first kappa shape index (κ1) is 86.2. The van der Waals surface area contributed by atoms with E-state index in [1.807, 2.05) is 11.2 Å². The third kappa shape index (κ3) is 28.2. The molecule has 5 heterocycles. The minimum atomic E-state index is -1.74. The lowest BCUT2D eigenvalue weighted by molar-refractivity contribution is -0.145. The molecule has 0 aliphatic carbocycles. The number of hydrogen-bond acceptors (Lipinski definition) is 20. The van der Waals surface area contributed by atoms with Gasteiger partial charge in [-0.2, -0.15) is 11.8 Å². The van der Waals surface area contributed by atoms with E-state index in [2.05, 4.69) is 73.1 Å². The van der Waals surface area contributed by atoms with Gasteiger partial charge in [0.25, 0.3) is 0 Å². The number of guanidine groups is 2. The van der Waals surface area contributed by atoms with Crippen molar-refractivity contribution in [2.45, 2.75) is 208 Å². The first-order chi connectivity index (χ1) is 51.2. The summed E-state index contributed by atoms with van der Waals surface area (Å²) in [6.07, 6.45) is 9.19. The first-order valence-corrected chi connectivity index (χ1v) is 38.1. The number of likely N-dealkylation sites (tertiary alicyclic amines) is 3. The van der Waals surface area contributed by atoms with Gasteiger partial charge in [0.1, 0.15) is 60.4 Å². The van der Waals surface area contributed by atoms with Gasteiger partial charge in [-0.15, -0.1) is 0 Å². The fourth-order valence-corrected chi connectivity index (χ4v) is 13.9. The fourth-order valence-electron chi connectivity index (χ4n) is 13.4. The molecule has 0 radical (unpaired) electrons. The predicted octanol–water partition coefficient (Wildman–Crippen LogP) is -4.97. The van der Waals surface area contributed by atoms with Crippen LogP contribution in [0.3, 0.4) is 0 Å². The van der Waals surface area contributed by atoms with E-state index in [4.69, 9.17) is 28.7 Å². The summed E-state index contributed by atoms with van der Waals surface area (Å²) in [7, 11) is 0. The maximum Gasteiger partial charge on any atom is 0.326 e. The number of carboxylic acids is 1. The molecule has 1 aromatic carbocycles. The molecule has 38 heteroatoms. The zero-order valence-electron chi connectivity index (χ0n) is 61.2. The average Bonchev–Trinajstić information content (AvgIpc) is 1.72. The first-order valence-electron chi connectivity index (χ1n) is 36.7. The highest BCUT2D eigenvalue weighted by Crippen LogP contribution is 2.24. The number of nitrogens with zero attached hydrogens (tertiary/aromatic N) is 6. The second kappa shape index (κ2) is 44.4. The number of aliphatic carboxylic acids is 1. The van der Waals surface area contributed by atoms with Crippen molar-refractivity contribution in [3.63, 3.8) is 0 Å². The summed E-state index contributed by atoms with van der Waals surface area (Å²) in [5.41, 5.74) is 29.1. The summed E-state index contributed by atoms with van der Waals surface area (Å²) in [6, 6.07) is -4.82. The number of hydrogen-bond donors (Lipinski definition) is 18. The van der Waals surface area contributed by atoms with E-state index < -0.39 is 151 Å². The van der Waals surface area contributed by atoms with E-state index in [0.717, 1.165) is 0 Å². The third-order valence-corrected chi connectivity index (χ3v) is 19.6. The highest BCUT2D eigenvalue weighted by Gasteiger charge is 2.43. The van der Waals surface area contributed by atoms with Crippen molar-refractivity contribution >= 4 is 101 Å². The van der Waals surface area contributed by atoms with Crippen LogP contribution in [0.25, 0.3) is 0 Å². The van der Waals surface area contributed by atoms with Crippen LogP contribution in [0.4, 0.5) is 0 Å². The third-order valence-electron chi connectivity index (χ3n) is 19.0. The van der Waals surface area contributed by atoms with Gasteiger partial charge < -0.3 is 107 Å². The Balaban J connectivity index is 1.10. The number of imidazole rings is 1. The number of unbranched alkanes of at least 4 members (excludes halogenated alkanes) is 1. The average molecular weight is 1520 g/mol. The van der Waals surface area contributed by atoms with Crippen LogP contribution < -0.4 is 81.8 Å². The van der Waals surface area contributed by atoms with Gasteiger partial charge in [-0.05, 0) is 139 Å². The molecule has 4 saturated heterocycles. The number of aromatic nitrogens is 2. The van der Waals surface area contributed by atoms with Crippen LogP contribution in [-0.2, 0) is 75.2 Å². The number of benzene rings is 1. The molecule has 592 valence electrons. The van der Waals surface area contributed by atoms with E-state index in [0.29, 0.717) is 81.3 Å².